The molecule has 0 fully saturated rings. The summed E-state index contributed by atoms with van der Waals surface area (Å²) in [5.41, 5.74) is 0.210. The van der Waals surface area contributed by atoms with E-state index in [1.807, 2.05) is 0 Å². The minimum Gasteiger partial charge on any atom is -0.467 e. The largest absolute Gasteiger partial charge is 0.467 e. The number of hydrogen-bond acceptors (Lipinski definition) is 4. The van der Waals surface area contributed by atoms with Gasteiger partial charge in [0.05, 0.1) is 19.3 Å². The van der Waals surface area contributed by atoms with Crippen LogP contribution in [0.3, 0.4) is 0 Å². The van der Waals surface area contributed by atoms with Gasteiger partial charge in [0.25, 0.3) is 0 Å². The van der Waals surface area contributed by atoms with Gasteiger partial charge in [-0.05, 0) is 17.6 Å². The lowest BCUT2D eigenvalue weighted by Crippen LogP contribution is -2.04. The molecule has 0 aliphatic carbocycles. The number of halogens is 2. The number of aliphatic hydroxyl groups is 1. The molecule has 0 amide bonds. The van der Waals surface area contributed by atoms with E-state index in [2.05, 4.69) is 9.97 Å². The van der Waals surface area contributed by atoms with Gasteiger partial charge in [0.15, 0.2) is 5.82 Å². The number of aromatic nitrogens is 2. The second-order valence-electron chi connectivity index (χ2n) is 4.84. The van der Waals surface area contributed by atoms with Crippen LogP contribution in [0, 0.1) is 17.6 Å². The van der Waals surface area contributed by atoms with E-state index in [9.17, 15) is 8.78 Å². The van der Waals surface area contributed by atoms with Gasteiger partial charge in [-0.15, -0.1) is 0 Å². The molecule has 6 heteroatoms. The zero-order chi connectivity index (χ0) is 15.6. The highest BCUT2D eigenvalue weighted by Gasteiger charge is 2.20. The number of methoxy groups -OCH3 is 1. The molecule has 1 N–H and O–H groups in total. The summed E-state index contributed by atoms with van der Waals surface area (Å²) in [4.78, 5) is 7.76. The van der Waals surface area contributed by atoms with Crippen LogP contribution in [0.2, 0.25) is 0 Å². The van der Waals surface area contributed by atoms with Crippen LogP contribution in [0.4, 0.5) is 8.78 Å². The van der Waals surface area contributed by atoms with Crippen molar-refractivity contribution in [2.75, 3.05) is 13.7 Å². The first-order valence-corrected chi connectivity index (χ1v) is 6.49. The SMILES string of the molecule is COc1ncc2cc(F)c(/C(=C/CO)C(C)C)c(F)c2n1. The molecule has 0 spiro atoms. The van der Waals surface area contributed by atoms with Crippen LogP contribution in [0.25, 0.3) is 16.5 Å². The molecule has 0 unspecified atom stereocenters. The second kappa shape index (κ2) is 6.13. The predicted molar refractivity (Wildman–Crippen MR) is 75.9 cm³/mol. The molecular weight excluding hydrogens is 278 g/mol. The Morgan fingerprint density at radius 1 is 1.43 bits per heavy atom. The third kappa shape index (κ3) is 2.85. The van der Waals surface area contributed by atoms with Crippen molar-refractivity contribution in [2.45, 2.75) is 13.8 Å². The van der Waals surface area contributed by atoms with Crippen LogP contribution in [0.5, 0.6) is 6.01 Å². The molecule has 0 saturated carbocycles. The molecule has 1 heterocycles. The number of allylic oxidation sites excluding steroid dienone is 1. The molecule has 0 saturated heterocycles. The number of hydrogen-bond donors (Lipinski definition) is 1. The Bertz CT molecular complexity index is 700. The number of benzene rings is 1. The van der Waals surface area contributed by atoms with E-state index in [4.69, 9.17) is 9.84 Å². The van der Waals surface area contributed by atoms with Gasteiger partial charge in [0.2, 0.25) is 0 Å². The van der Waals surface area contributed by atoms with E-state index in [1.165, 1.54) is 25.4 Å². The van der Waals surface area contributed by atoms with Crippen molar-refractivity contribution in [2.24, 2.45) is 5.92 Å². The summed E-state index contributed by atoms with van der Waals surface area (Å²) in [6, 6.07) is 1.19. The fourth-order valence-electron chi connectivity index (χ4n) is 2.18. The molecule has 0 aliphatic rings. The molecule has 0 atom stereocenters. The van der Waals surface area contributed by atoms with Crippen molar-refractivity contribution in [3.8, 4) is 6.01 Å². The first-order chi connectivity index (χ1) is 9.99. The summed E-state index contributed by atoms with van der Waals surface area (Å²) in [7, 11) is 1.37. The third-order valence-electron chi connectivity index (χ3n) is 3.15. The highest BCUT2D eigenvalue weighted by atomic mass is 19.1. The summed E-state index contributed by atoms with van der Waals surface area (Å²) in [5, 5.41) is 9.31. The zero-order valence-electron chi connectivity index (χ0n) is 12.0. The average Bonchev–Trinajstić information content (AvgIpc) is 2.45. The third-order valence-corrected chi connectivity index (χ3v) is 3.15. The van der Waals surface area contributed by atoms with Crippen molar-refractivity contribution in [3.63, 3.8) is 0 Å². The zero-order valence-corrected chi connectivity index (χ0v) is 12.0. The smallest absolute Gasteiger partial charge is 0.316 e. The summed E-state index contributed by atoms with van der Waals surface area (Å²) >= 11 is 0. The predicted octanol–water partition coefficient (Wildman–Crippen LogP) is 2.95. The van der Waals surface area contributed by atoms with E-state index < -0.39 is 11.6 Å². The second-order valence-corrected chi connectivity index (χ2v) is 4.84. The lowest BCUT2D eigenvalue weighted by atomic mass is 9.93. The Labute approximate surface area is 121 Å². The van der Waals surface area contributed by atoms with Gasteiger partial charge >= 0.3 is 6.01 Å². The van der Waals surface area contributed by atoms with Crippen LogP contribution in [-0.4, -0.2) is 28.8 Å². The number of rotatable bonds is 4. The summed E-state index contributed by atoms with van der Waals surface area (Å²) < 4.78 is 33.8. The van der Waals surface area contributed by atoms with Crippen LogP contribution in [-0.2, 0) is 0 Å². The number of ether oxygens (including phenoxy) is 1. The topological polar surface area (TPSA) is 55.2 Å². The Morgan fingerprint density at radius 2 is 2.14 bits per heavy atom. The molecule has 2 rings (SSSR count). The Hall–Kier alpha value is -2.08. The van der Waals surface area contributed by atoms with E-state index in [0.29, 0.717) is 5.57 Å². The van der Waals surface area contributed by atoms with Crippen molar-refractivity contribution in [3.05, 3.63) is 35.5 Å². The van der Waals surface area contributed by atoms with E-state index in [-0.39, 0.29) is 35.0 Å². The molecule has 0 radical (unpaired) electrons. The molecule has 1 aromatic heterocycles. The summed E-state index contributed by atoms with van der Waals surface area (Å²) in [5.74, 6) is -1.64. The van der Waals surface area contributed by atoms with Crippen molar-refractivity contribution >= 4 is 16.5 Å². The summed E-state index contributed by atoms with van der Waals surface area (Å²) in [6.07, 6.45) is 2.71. The Morgan fingerprint density at radius 3 is 2.71 bits per heavy atom. The van der Waals surface area contributed by atoms with Crippen LogP contribution >= 0.6 is 0 Å². The molecule has 0 bridgehead atoms. The molecule has 4 nitrogen and oxygen atoms in total. The maximum Gasteiger partial charge on any atom is 0.316 e. The summed E-state index contributed by atoms with van der Waals surface area (Å²) in [6.45, 7) is 3.30. The molecule has 2 aromatic rings. The lowest BCUT2D eigenvalue weighted by molar-refractivity contribution is 0.342. The standard InChI is InChI=1S/C15H16F2N2O2/c1-8(2)10(4-5-20)12-11(16)6-9-7-18-15(21-3)19-14(9)13(12)17/h4,6-8,20H,5H2,1-3H3/b10-4+. The minimum absolute atomic E-state index is 0.0104. The van der Waals surface area contributed by atoms with Gasteiger partial charge in [-0.1, -0.05) is 19.9 Å². The number of fused-ring (bicyclic) bond motifs is 1. The van der Waals surface area contributed by atoms with E-state index in [1.54, 1.807) is 13.8 Å². The first kappa shape index (κ1) is 15.3. The molecule has 1 aromatic carbocycles. The van der Waals surface area contributed by atoms with Gasteiger partial charge in [-0.3, -0.25) is 0 Å². The lowest BCUT2D eigenvalue weighted by Gasteiger charge is -2.15. The normalized spacial score (nSPS) is 12.2. The first-order valence-electron chi connectivity index (χ1n) is 6.49. The van der Waals surface area contributed by atoms with Crippen molar-refractivity contribution in [1.82, 2.24) is 9.97 Å². The molecule has 0 aliphatic heterocycles. The van der Waals surface area contributed by atoms with Gasteiger partial charge in [0, 0.05) is 11.6 Å². The van der Waals surface area contributed by atoms with Gasteiger partial charge in [0.1, 0.15) is 11.3 Å². The fraction of sp³-hybridized carbons (Fsp3) is 0.333. The maximum atomic E-state index is 14.7. The minimum atomic E-state index is -0.779. The Balaban J connectivity index is 2.77. The van der Waals surface area contributed by atoms with E-state index in [0.717, 1.165) is 0 Å². The number of nitrogens with zero attached hydrogens (tertiary/aromatic N) is 2. The quantitative estimate of drug-likeness (QED) is 0.942. The van der Waals surface area contributed by atoms with Crippen molar-refractivity contribution < 1.29 is 18.6 Å². The van der Waals surface area contributed by atoms with E-state index >= 15 is 0 Å². The fourth-order valence-corrected chi connectivity index (χ4v) is 2.18. The maximum absolute atomic E-state index is 14.7. The monoisotopic (exact) mass is 294 g/mol. The highest BCUT2D eigenvalue weighted by molar-refractivity contribution is 5.84. The van der Waals surface area contributed by atoms with Crippen molar-refractivity contribution in [1.29, 1.82) is 0 Å². The van der Waals surface area contributed by atoms with Gasteiger partial charge in [-0.25, -0.2) is 13.8 Å². The molecule has 21 heavy (non-hydrogen) atoms. The Kier molecular flexibility index (Phi) is 4.47. The van der Waals surface area contributed by atoms with Gasteiger partial charge in [-0.2, -0.15) is 4.98 Å². The van der Waals surface area contributed by atoms with Crippen LogP contribution < -0.4 is 4.74 Å². The average molecular weight is 294 g/mol. The van der Waals surface area contributed by atoms with Gasteiger partial charge < -0.3 is 9.84 Å². The molecule has 112 valence electrons. The highest BCUT2D eigenvalue weighted by Crippen LogP contribution is 2.32. The van der Waals surface area contributed by atoms with Crippen LogP contribution in [0.1, 0.15) is 19.4 Å². The van der Waals surface area contributed by atoms with Crippen LogP contribution in [0.15, 0.2) is 18.3 Å². The number of aliphatic hydroxyl groups excluding tert-OH is 1. The molecular formula is C15H16F2N2O2.